The van der Waals surface area contributed by atoms with Crippen molar-refractivity contribution in [3.8, 4) is 11.5 Å². The van der Waals surface area contributed by atoms with E-state index in [4.69, 9.17) is 14.2 Å². The van der Waals surface area contributed by atoms with Crippen molar-refractivity contribution in [2.75, 3.05) is 13.3 Å². The number of nitrogens with one attached hydrogen (secondary N) is 1. The summed E-state index contributed by atoms with van der Waals surface area (Å²) in [4.78, 5) is 22.9. The van der Waals surface area contributed by atoms with Crippen molar-refractivity contribution in [1.82, 2.24) is 5.32 Å². The first-order valence-electron chi connectivity index (χ1n) is 7.29. The van der Waals surface area contributed by atoms with E-state index >= 15 is 0 Å². The molecular weight excluding hydrogens is 336 g/mol. The van der Waals surface area contributed by atoms with Crippen LogP contribution in [-0.2, 0) is 9.53 Å². The lowest BCUT2D eigenvalue weighted by atomic mass is 10.3. The highest BCUT2D eigenvalue weighted by Crippen LogP contribution is 2.15. The van der Waals surface area contributed by atoms with Crippen LogP contribution >= 0.6 is 0 Å². The lowest BCUT2D eigenvalue weighted by Gasteiger charge is -2.08. The number of hydrogen-bond donors (Lipinski definition) is 1. The highest BCUT2D eigenvalue weighted by molar-refractivity contribution is 5.72. The summed E-state index contributed by atoms with van der Waals surface area (Å²) in [6, 6.07) is 11.4. The number of esters is 1. The molecule has 8 heteroatoms. The van der Waals surface area contributed by atoms with Gasteiger partial charge in [-0.3, -0.25) is 10.1 Å². The minimum absolute atomic E-state index is 0.0850. The Morgan fingerprint density at radius 2 is 1.72 bits per heavy atom. The topological polar surface area (TPSA) is 73.9 Å². The number of benzene rings is 2. The molecule has 0 saturated carbocycles. The van der Waals surface area contributed by atoms with Gasteiger partial charge in [0.05, 0.1) is 13.0 Å². The van der Waals surface area contributed by atoms with Crippen molar-refractivity contribution < 1.29 is 32.6 Å². The molecule has 2 aromatic carbocycles. The van der Waals surface area contributed by atoms with Gasteiger partial charge in [0.1, 0.15) is 11.5 Å². The first-order chi connectivity index (χ1) is 12.0. The zero-order valence-electron chi connectivity index (χ0n) is 13.0. The molecule has 6 nitrogen and oxygen atoms in total. The number of para-hydroxylation sites is 1. The predicted octanol–water partition coefficient (Wildman–Crippen LogP) is 3.02. The number of hydrogen-bond acceptors (Lipinski definition) is 5. The van der Waals surface area contributed by atoms with Crippen molar-refractivity contribution in [3.63, 3.8) is 0 Å². The van der Waals surface area contributed by atoms with Crippen molar-refractivity contribution in [2.24, 2.45) is 0 Å². The van der Waals surface area contributed by atoms with Crippen LogP contribution in [0.15, 0.2) is 48.5 Å². The Morgan fingerprint density at radius 1 is 0.960 bits per heavy atom. The Balaban J connectivity index is 1.60. The standard InChI is InChI=1S/C17H15F2NO5/c18-14-7-6-13(10-15(14)19)23-9-8-16(21)24-11-20-17(22)25-12-4-2-1-3-5-12/h1-7,10H,8-9,11H2,(H,20,22). The molecular formula is C17H15F2NO5. The highest BCUT2D eigenvalue weighted by atomic mass is 19.2. The normalized spacial score (nSPS) is 10.0. The minimum Gasteiger partial charge on any atom is -0.493 e. The lowest BCUT2D eigenvalue weighted by Crippen LogP contribution is -2.30. The Labute approximate surface area is 142 Å². The molecule has 1 amide bonds. The van der Waals surface area contributed by atoms with E-state index in [9.17, 15) is 18.4 Å². The molecule has 0 saturated heterocycles. The van der Waals surface area contributed by atoms with E-state index < -0.39 is 23.7 Å². The number of amides is 1. The number of carbonyl (C=O) groups is 2. The van der Waals surface area contributed by atoms with Crippen LogP contribution in [0.1, 0.15) is 6.42 Å². The zero-order chi connectivity index (χ0) is 18.1. The summed E-state index contributed by atoms with van der Waals surface area (Å²) in [6.45, 7) is -0.450. The molecule has 0 unspecified atom stereocenters. The van der Waals surface area contributed by atoms with E-state index in [0.717, 1.165) is 12.1 Å². The zero-order valence-corrected chi connectivity index (χ0v) is 13.0. The average Bonchev–Trinajstić information content (AvgIpc) is 2.59. The van der Waals surface area contributed by atoms with Crippen molar-refractivity contribution in [1.29, 1.82) is 0 Å². The second kappa shape index (κ2) is 9.21. The number of carbonyl (C=O) groups excluding carboxylic acids is 2. The molecule has 0 aliphatic heterocycles. The van der Waals surface area contributed by atoms with Gasteiger partial charge >= 0.3 is 12.1 Å². The summed E-state index contributed by atoms with van der Waals surface area (Å²) in [5.41, 5.74) is 0. The SMILES string of the molecule is O=C(CCOc1ccc(F)c(F)c1)OCNC(=O)Oc1ccccc1. The van der Waals surface area contributed by atoms with Gasteiger partial charge in [-0.2, -0.15) is 0 Å². The molecule has 0 aromatic heterocycles. The number of halogens is 2. The smallest absolute Gasteiger partial charge is 0.415 e. The monoisotopic (exact) mass is 351 g/mol. The van der Waals surface area contributed by atoms with Gasteiger partial charge in [-0.1, -0.05) is 18.2 Å². The van der Waals surface area contributed by atoms with Crippen molar-refractivity contribution in [3.05, 3.63) is 60.2 Å². The molecule has 2 aromatic rings. The van der Waals surface area contributed by atoms with E-state index in [0.29, 0.717) is 5.75 Å². The molecule has 0 bridgehead atoms. The Morgan fingerprint density at radius 3 is 2.44 bits per heavy atom. The second-order valence-corrected chi connectivity index (χ2v) is 4.71. The second-order valence-electron chi connectivity index (χ2n) is 4.71. The third kappa shape index (κ3) is 6.46. The minimum atomic E-state index is -1.04. The van der Waals surface area contributed by atoms with E-state index in [1.165, 1.54) is 6.07 Å². The fraction of sp³-hybridized carbons (Fsp3) is 0.176. The summed E-state index contributed by atoms with van der Waals surface area (Å²) in [5, 5.41) is 2.25. The van der Waals surface area contributed by atoms with Gasteiger partial charge in [-0.05, 0) is 24.3 Å². The summed E-state index contributed by atoms with van der Waals surface area (Å²) in [7, 11) is 0. The van der Waals surface area contributed by atoms with Crippen molar-refractivity contribution in [2.45, 2.75) is 6.42 Å². The van der Waals surface area contributed by atoms with Crippen LogP contribution in [0.25, 0.3) is 0 Å². The van der Waals surface area contributed by atoms with Gasteiger partial charge in [0.2, 0.25) is 0 Å². The summed E-state index contributed by atoms with van der Waals surface area (Å²) in [6.07, 6.45) is -0.897. The molecule has 0 aliphatic rings. The molecule has 0 aliphatic carbocycles. The average molecular weight is 351 g/mol. The van der Waals surface area contributed by atoms with Crippen LogP contribution in [0.2, 0.25) is 0 Å². The van der Waals surface area contributed by atoms with Gasteiger partial charge in [0.25, 0.3) is 0 Å². The van der Waals surface area contributed by atoms with Crippen LogP contribution in [0.3, 0.4) is 0 Å². The third-order valence-corrected chi connectivity index (χ3v) is 2.87. The van der Waals surface area contributed by atoms with E-state index in [-0.39, 0.29) is 25.5 Å². The number of rotatable bonds is 7. The molecule has 0 radical (unpaired) electrons. The highest BCUT2D eigenvalue weighted by Gasteiger charge is 2.08. The molecule has 0 fully saturated rings. The van der Waals surface area contributed by atoms with Gasteiger partial charge in [0.15, 0.2) is 18.4 Å². The Kier molecular flexibility index (Phi) is 6.70. The maximum Gasteiger partial charge on any atom is 0.415 e. The molecule has 0 atom stereocenters. The lowest BCUT2D eigenvalue weighted by molar-refractivity contribution is -0.144. The maximum atomic E-state index is 13.0. The molecule has 25 heavy (non-hydrogen) atoms. The first-order valence-corrected chi connectivity index (χ1v) is 7.29. The van der Waals surface area contributed by atoms with Gasteiger partial charge in [-0.25, -0.2) is 13.6 Å². The van der Waals surface area contributed by atoms with Gasteiger partial charge in [-0.15, -0.1) is 0 Å². The molecule has 132 valence electrons. The Hall–Kier alpha value is -3.16. The largest absolute Gasteiger partial charge is 0.493 e. The van der Waals surface area contributed by atoms with Crippen LogP contribution < -0.4 is 14.8 Å². The van der Waals surface area contributed by atoms with E-state index in [2.05, 4.69) is 5.32 Å². The predicted molar refractivity (Wildman–Crippen MR) is 83.0 cm³/mol. The van der Waals surface area contributed by atoms with Gasteiger partial charge < -0.3 is 14.2 Å². The molecule has 1 N–H and O–H groups in total. The van der Waals surface area contributed by atoms with Crippen LogP contribution in [-0.4, -0.2) is 25.4 Å². The van der Waals surface area contributed by atoms with Crippen LogP contribution in [0.5, 0.6) is 11.5 Å². The first kappa shape index (κ1) is 18.2. The quantitative estimate of drug-likeness (QED) is 0.613. The molecule has 2 rings (SSSR count). The van der Waals surface area contributed by atoms with Crippen LogP contribution in [0.4, 0.5) is 13.6 Å². The number of ether oxygens (including phenoxy) is 3. The van der Waals surface area contributed by atoms with E-state index in [1.54, 1.807) is 30.3 Å². The Bertz CT molecular complexity index is 724. The third-order valence-electron chi connectivity index (χ3n) is 2.87. The summed E-state index contributed by atoms with van der Waals surface area (Å²) >= 11 is 0. The summed E-state index contributed by atoms with van der Waals surface area (Å²) in [5.74, 6) is -2.22. The maximum absolute atomic E-state index is 13.0. The fourth-order valence-electron chi connectivity index (χ4n) is 1.70. The molecule has 0 heterocycles. The van der Waals surface area contributed by atoms with E-state index in [1.807, 2.05) is 0 Å². The molecule has 0 spiro atoms. The van der Waals surface area contributed by atoms with Gasteiger partial charge in [0, 0.05) is 6.07 Å². The van der Waals surface area contributed by atoms with Crippen molar-refractivity contribution >= 4 is 12.1 Å². The van der Waals surface area contributed by atoms with Crippen LogP contribution in [0, 0.1) is 11.6 Å². The summed E-state index contributed by atoms with van der Waals surface area (Å²) < 4.78 is 40.5. The fourth-order valence-corrected chi connectivity index (χ4v) is 1.70.